The molecule has 0 aliphatic carbocycles. The molecule has 200 valence electrons. The first kappa shape index (κ1) is 26.3. The lowest BCUT2D eigenvalue weighted by atomic mass is 9.96. The zero-order valence-corrected chi connectivity index (χ0v) is 22.8. The Morgan fingerprint density at radius 3 is 2.58 bits per heavy atom. The topological polar surface area (TPSA) is 91.6 Å². The number of benzene rings is 1. The standard InChI is InChI=1S/C28H31ClFN5O3/c1-15-10-23-20(14-33(15)26(36)18-6-8-21(29)22(30)11-18)25-27(37)34(13-16(2)35(25)32-23)17(3)19-7-9-24(31-12-19)28(4,5)38/h6-9,11-12,15-17,38H,10,13-14H2,1-5H3/t15-,16-,17?/m1/s1. The number of hydrogen-bond acceptors (Lipinski definition) is 5. The Morgan fingerprint density at radius 1 is 1.21 bits per heavy atom. The van der Waals surface area contributed by atoms with Gasteiger partial charge in [0.2, 0.25) is 0 Å². The molecule has 0 spiro atoms. The molecule has 1 N–H and O–H groups in total. The number of carbonyl (C=O) groups is 2. The predicted molar refractivity (Wildman–Crippen MR) is 140 cm³/mol. The van der Waals surface area contributed by atoms with Crippen molar-refractivity contribution in [2.45, 2.75) is 71.3 Å². The lowest BCUT2D eigenvalue weighted by Gasteiger charge is -2.37. The largest absolute Gasteiger partial charge is 0.384 e. The second-order valence-electron chi connectivity index (χ2n) is 10.9. The number of amides is 2. The van der Waals surface area contributed by atoms with Crippen LogP contribution in [0, 0.1) is 5.82 Å². The van der Waals surface area contributed by atoms with Gasteiger partial charge in [-0.25, -0.2) is 4.39 Å². The molecule has 2 aliphatic rings. The summed E-state index contributed by atoms with van der Waals surface area (Å²) in [6.45, 7) is 9.94. The Bertz CT molecular complexity index is 1420. The molecule has 0 bridgehead atoms. The monoisotopic (exact) mass is 539 g/mol. The van der Waals surface area contributed by atoms with Gasteiger partial charge in [0.1, 0.15) is 17.1 Å². The van der Waals surface area contributed by atoms with Crippen molar-refractivity contribution in [2.75, 3.05) is 6.54 Å². The van der Waals surface area contributed by atoms with Crippen LogP contribution in [0.3, 0.4) is 0 Å². The quantitative estimate of drug-likeness (QED) is 0.520. The fourth-order valence-corrected chi connectivity index (χ4v) is 5.40. The molecule has 2 amide bonds. The molecule has 3 aromatic rings. The molecule has 8 nitrogen and oxygen atoms in total. The number of rotatable bonds is 4. The fraction of sp³-hybridized carbons (Fsp3) is 0.429. The van der Waals surface area contributed by atoms with Crippen molar-refractivity contribution in [3.05, 3.63) is 81.1 Å². The van der Waals surface area contributed by atoms with Crippen molar-refractivity contribution in [1.29, 1.82) is 0 Å². The maximum atomic E-state index is 14.1. The zero-order valence-electron chi connectivity index (χ0n) is 22.1. The Labute approximate surface area is 226 Å². The lowest BCUT2D eigenvalue weighted by Crippen LogP contribution is -2.45. The van der Waals surface area contributed by atoms with Crippen LogP contribution in [0.25, 0.3) is 0 Å². The van der Waals surface area contributed by atoms with Gasteiger partial charge in [-0.3, -0.25) is 19.3 Å². The van der Waals surface area contributed by atoms with Crippen LogP contribution < -0.4 is 0 Å². The molecule has 2 aliphatic heterocycles. The number of fused-ring (bicyclic) bond motifs is 3. The van der Waals surface area contributed by atoms with Gasteiger partial charge in [0.25, 0.3) is 11.8 Å². The third-order valence-electron chi connectivity index (χ3n) is 7.57. The van der Waals surface area contributed by atoms with E-state index in [0.717, 1.165) is 22.9 Å². The first-order chi connectivity index (χ1) is 17.9. The first-order valence-electron chi connectivity index (χ1n) is 12.7. The molecule has 0 fully saturated rings. The van der Waals surface area contributed by atoms with Crippen LogP contribution in [0.5, 0.6) is 0 Å². The highest BCUT2D eigenvalue weighted by atomic mass is 35.5. The van der Waals surface area contributed by atoms with E-state index in [1.165, 1.54) is 12.1 Å². The molecular weight excluding hydrogens is 509 g/mol. The zero-order chi connectivity index (χ0) is 27.5. The third kappa shape index (κ3) is 4.47. The van der Waals surface area contributed by atoms with Gasteiger partial charge in [-0.15, -0.1) is 0 Å². The first-order valence-corrected chi connectivity index (χ1v) is 13.1. The molecular formula is C28H31ClFN5O3. The molecule has 4 heterocycles. The van der Waals surface area contributed by atoms with Crippen molar-refractivity contribution in [3.8, 4) is 0 Å². The summed E-state index contributed by atoms with van der Waals surface area (Å²) in [5.74, 6) is -1.13. The summed E-state index contributed by atoms with van der Waals surface area (Å²) in [5.41, 5.74) is 2.59. The van der Waals surface area contributed by atoms with Crippen LogP contribution in [-0.2, 0) is 18.6 Å². The fourth-order valence-electron chi connectivity index (χ4n) is 5.28. The molecule has 2 aromatic heterocycles. The normalized spacial score (nSPS) is 20.3. The molecule has 5 rings (SSSR count). The minimum Gasteiger partial charge on any atom is -0.384 e. The van der Waals surface area contributed by atoms with E-state index in [0.29, 0.717) is 24.4 Å². The summed E-state index contributed by atoms with van der Waals surface area (Å²) in [5, 5.41) is 15.0. The summed E-state index contributed by atoms with van der Waals surface area (Å²) in [4.78, 5) is 35.1. The van der Waals surface area contributed by atoms with Crippen LogP contribution in [0.2, 0.25) is 5.02 Å². The minimum atomic E-state index is -1.05. The molecule has 38 heavy (non-hydrogen) atoms. The van der Waals surface area contributed by atoms with Crippen molar-refractivity contribution in [3.63, 3.8) is 0 Å². The predicted octanol–water partition coefficient (Wildman–Crippen LogP) is 4.66. The maximum Gasteiger partial charge on any atom is 0.273 e. The molecule has 0 saturated carbocycles. The van der Waals surface area contributed by atoms with Crippen molar-refractivity contribution >= 4 is 23.4 Å². The summed E-state index contributed by atoms with van der Waals surface area (Å²) in [6.07, 6.45) is 2.19. The Hall–Kier alpha value is -3.30. The van der Waals surface area contributed by atoms with E-state index in [1.54, 1.807) is 35.7 Å². The number of nitrogens with zero attached hydrogens (tertiary/aromatic N) is 5. The molecule has 3 atom stereocenters. The van der Waals surface area contributed by atoms with Crippen molar-refractivity contribution in [2.24, 2.45) is 0 Å². The van der Waals surface area contributed by atoms with Crippen molar-refractivity contribution in [1.82, 2.24) is 24.6 Å². The van der Waals surface area contributed by atoms with E-state index < -0.39 is 11.4 Å². The summed E-state index contributed by atoms with van der Waals surface area (Å²) in [6, 6.07) is 7.20. The summed E-state index contributed by atoms with van der Waals surface area (Å²) >= 11 is 5.80. The van der Waals surface area contributed by atoms with Gasteiger partial charge in [0.05, 0.1) is 35.0 Å². The number of halogens is 2. The highest BCUT2D eigenvalue weighted by Gasteiger charge is 2.40. The van der Waals surface area contributed by atoms with E-state index in [2.05, 4.69) is 4.98 Å². The highest BCUT2D eigenvalue weighted by Crippen LogP contribution is 2.35. The van der Waals surface area contributed by atoms with E-state index in [9.17, 15) is 19.1 Å². The van der Waals surface area contributed by atoms with Gasteiger partial charge in [-0.2, -0.15) is 5.10 Å². The minimum absolute atomic E-state index is 0.0417. The van der Waals surface area contributed by atoms with Gasteiger partial charge in [-0.1, -0.05) is 17.7 Å². The molecule has 0 radical (unpaired) electrons. The second-order valence-corrected chi connectivity index (χ2v) is 11.3. The highest BCUT2D eigenvalue weighted by molar-refractivity contribution is 6.30. The van der Waals surface area contributed by atoms with Crippen LogP contribution in [0.1, 0.15) is 90.1 Å². The van der Waals surface area contributed by atoms with Gasteiger partial charge in [-0.05, 0) is 64.4 Å². The van der Waals surface area contributed by atoms with Gasteiger partial charge >= 0.3 is 0 Å². The van der Waals surface area contributed by atoms with Crippen LogP contribution in [-0.4, -0.2) is 54.1 Å². The van der Waals surface area contributed by atoms with Gasteiger partial charge < -0.3 is 14.9 Å². The average Bonchev–Trinajstić information content (AvgIpc) is 3.25. The SMILES string of the molecule is CC(c1ccc(C(C)(C)O)nc1)N1C[C@@H](C)n2nc3c(c2C1=O)CN(C(=O)c1ccc(Cl)c(F)c1)[C@H](C)C3. The Morgan fingerprint density at radius 2 is 1.95 bits per heavy atom. The van der Waals surface area contributed by atoms with Crippen LogP contribution >= 0.6 is 11.6 Å². The Kier molecular flexibility index (Phi) is 6.55. The van der Waals surface area contributed by atoms with E-state index in [1.807, 2.05) is 31.7 Å². The number of aliphatic hydroxyl groups is 1. The van der Waals surface area contributed by atoms with E-state index in [4.69, 9.17) is 16.7 Å². The average molecular weight is 540 g/mol. The maximum absolute atomic E-state index is 14.1. The Balaban J connectivity index is 1.45. The molecule has 10 heteroatoms. The third-order valence-corrected chi connectivity index (χ3v) is 7.88. The van der Waals surface area contributed by atoms with Gasteiger partial charge in [0.15, 0.2) is 0 Å². The molecule has 1 unspecified atom stereocenters. The second kappa shape index (κ2) is 9.47. The molecule has 1 aromatic carbocycles. The van der Waals surface area contributed by atoms with Crippen molar-refractivity contribution < 1.29 is 19.1 Å². The van der Waals surface area contributed by atoms with E-state index in [-0.39, 0.29) is 47.1 Å². The van der Waals surface area contributed by atoms with Gasteiger partial charge in [0, 0.05) is 36.3 Å². The number of pyridine rings is 1. The number of carbonyl (C=O) groups excluding carboxylic acids is 2. The van der Waals surface area contributed by atoms with E-state index >= 15 is 0 Å². The lowest BCUT2D eigenvalue weighted by molar-refractivity contribution is 0.0572. The van der Waals surface area contributed by atoms with Crippen LogP contribution in [0.4, 0.5) is 4.39 Å². The molecule has 0 saturated heterocycles. The summed E-state index contributed by atoms with van der Waals surface area (Å²) < 4.78 is 15.9. The smallest absolute Gasteiger partial charge is 0.273 e. The summed E-state index contributed by atoms with van der Waals surface area (Å²) in [7, 11) is 0. The number of aromatic nitrogens is 3. The number of hydrogen-bond donors (Lipinski definition) is 1. The van der Waals surface area contributed by atoms with Crippen LogP contribution in [0.15, 0.2) is 36.5 Å².